The molecule has 2 rings (SSSR count). The molecule has 1 saturated heterocycles. The van der Waals surface area contributed by atoms with Crippen LogP contribution >= 0.6 is 0 Å². The van der Waals surface area contributed by atoms with E-state index in [1.165, 1.54) is 12.1 Å². The van der Waals surface area contributed by atoms with E-state index in [1.807, 2.05) is 4.90 Å². The van der Waals surface area contributed by atoms with Crippen LogP contribution in [0.1, 0.15) is 5.56 Å². The average Bonchev–Trinajstić information content (AvgIpc) is 2.39. The van der Waals surface area contributed by atoms with E-state index in [4.69, 9.17) is 5.11 Å². The normalized spacial score (nSPS) is 20.1. The maximum atomic E-state index is 11.1. The van der Waals surface area contributed by atoms with Crippen molar-refractivity contribution in [2.45, 2.75) is 12.6 Å². The van der Waals surface area contributed by atoms with Gasteiger partial charge in [-0.15, -0.1) is 0 Å². The molecule has 1 aromatic rings. The molecule has 2 N–H and O–H groups in total. The summed E-state index contributed by atoms with van der Waals surface area (Å²) in [6, 6.07) is 5.66. The van der Waals surface area contributed by atoms with Crippen molar-refractivity contribution in [2.75, 3.05) is 19.6 Å². The molecule has 0 spiro atoms. The van der Waals surface area contributed by atoms with Gasteiger partial charge in [-0.3, -0.25) is 19.8 Å². The van der Waals surface area contributed by atoms with Crippen LogP contribution in [0.4, 0.5) is 5.69 Å². The van der Waals surface area contributed by atoms with Gasteiger partial charge in [0.2, 0.25) is 0 Å². The number of nitro groups is 1. The Bertz CT molecular complexity index is 474. The monoisotopic (exact) mass is 265 g/mol. The zero-order valence-corrected chi connectivity index (χ0v) is 10.3. The van der Waals surface area contributed by atoms with Gasteiger partial charge in [0.1, 0.15) is 6.04 Å². The molecule has 102 valence electrons. The number of aliphatic carboxylic acids is 1. The third-order valence-electron chi connectivity index (χ3n) is 3.17. The first-order valence-corrected chi connectivity index (χ1v) is 5.99. The van der Waals surface area contributed by atoms with Crippen LogP contribution in [-0.2, 0) is 11.3 Å². The number of non-ortho nitro benzene ring substituents is 1. The highest BCUT2D eigenvalue weighted by Crippen LogP contribution is 2.15. The van der Waals surface area contributed by atoms with Crippen molar-refractivity contribution in [3.63, 3.8) is 0 Å². The first-order chi connectivity index (χ1) is 9.08. The average molecular weight is 265 g/mol. The van der Waals surface area contributed by atoms with Gasteiger partial charge in [-0.2, -0.15) is 0 Å². The van der Waals surface area contributed by atoms with Crippen molar-refractivity contribution < 1.29 is 14.8 Å². The Labute approximate surface area is 110 Å². The van der Waals surface area contributed by atoms with Gasteiger partial charge in [-0.1, -0.05) is 12.1 Å². The van der Waals surface area contributed by atoms with Gasteiger partial charge in [0.25, 0.3) is 5.69 Å². The van der Waals surface area contributed by atoms with Gasteiger partial charge >= 0.3 is 5.97 Å². The Morgan fingerprint density at radius 1 is 1.47 bits per heavy atom. The van der Waals surface area contributed by atoms with Crippen LogP contribution < -0.4 is 5.32 Å². The Morgan fingerprint density at radius 3 is 2.74 bits per heavy atom. The van der Waals surface area contributed by atoms with E-state index >= 15 is 0 Å². The molecule has 1 atom stereocenters. The lowest BCUT2D eigenvalue weighted by Crippen LogP contribution is -2.54. The predicted molar refractivity (Wildman–Crippen MR) is 67.8 cm³/mol. The summed E-state index contributed by atoms with van der Waals surface area (Å²) in [6.45, 7) is 2.30. The van der Waals surface area contributed by atoms with Crippen LogP contribution in [0.5, 0.6) is 0 Å². The van der Waals surface area contributed by atoms with Crippen LogP contribution in [0.25, 0.3) is 0 Å². The van der Waals surface area contributed by atoms with Crippen molar-refractivity contribution in [1.29, 1.82) is 0 Å². The Kier molecular flexibility index (Phi) is 4.08. The highest BCUT2D eigenvalue weighted by atomic mass is 16.6. The lowest BCUT2D eigenvalue weighted by atomic mass is 10.1. The highest BCUT2D eigenvalue weighted by molar-refractivity contribution is 5.74. The number of piperazine rings is 1. The van der Waals surface area contributed by atoms with Crippen LogP contribution in [0, 0.1) is 10.1 Å². The van der Waals surface area contributed by atoms with E-state index < -0.39 is 16.9 Å². The Balaban J connectivity index is 2.06. The maximum absolute atomic E-state index is 11.1. The minimum Gasteiger partial charge on any atom is -0.480 e. The molecule has 1 fully saturated rings. The van der Waals surface area contributed by atoms with Crippen LogP contribution in [0.15, 0.2) is 24.3 Å². The molecule has 0 radical (unpaired) electrons. The molecule has 0 aromatic heterocycles. The largest absolute Gasteiger partial charge is 0.480 e. The van der Waals surface area contributed by atoms with Crippen molar-refractivity contribution in [3.05, 3.63) is 39.9 Å². The smallest absolute Gasteiger partial charge is 0.322 e. The topological polar surface area (TPSA) is 95.7 Å². The van der Waals surface area contributed by atoms with Crippen LogP contribution in [0.3, 0.4) is 0 Å². The number of nitrogens with one attached hydrogen (secondary N) is 1. The molecule has 1 heterocycles. The minimum atomic E-state index is -0.853. The lowest BCUT2D eigenvalue weighted by Gasteiger charge is -2.33. The van der Waals surface area contributed by atoms with E-state index in [-0.39, 0.29) is 5.69 Å². The number of rotatable bonds is 4. The molecule has 0 aliphatic carbocycles. The fourth-order valence-electron chi connectivity index (χ4n) is 2.14. The second-order valence-corrected chi connectivity index (χ2v) is 4.45. The molecule has 1 aliphatic heterocycles. The highest BCUT2D eigenvalue weighted by Gasteiger charge is 2.28. The molecule has 1 aliphatic rings. The van der Waals surface area contributed by atoms with E-state index in [0.717, 1.165) is 12.1 Å². The molecule has 7 nitrogen and oxygen atoms in total. The zero-order valence-electron chi connectivity index (χ0n) is 10.3. The van der Waals surface area contributed by atoms with E-state index in [1.54, 1.807) is 12.1 Å². The number of nitrogens with zero attached hydrogens (tertiary/aromatic N) is 2. The van der Waals surface area contributed by atoms with E-state index in [9.17, 15) is 14.9 Å². The summed E-state index contributed by atoms with van der Waals surface area (Å²) < 4.78 is 0. The van der Waals surface area contributed by atoms with Gasteiger partial charge < -0.3 is 10.4 Å². The predicted octanol–water partition coefficient (Wildman–Crippen LogP) is 0.453. The third kappa shape index (κ3) is 3.27. The second-order valence-electron chi connectivity index (χ2n) is 4.45. The van der Waals surface area contributed by atoms with E-state index in [2.05, 4.69) is 5.32 Å². The molecule has 1 unspecified atom stereocenters. The summed E-state index contributed by atoms with van der Waals surface area (Å²) in [7, 11) is 0. The van der Waals surface area contributed by atoms with Gasteiger partial charge in [-0.05, 0) is 5.56 Å². The first-order valence-electron chi connectivity index (χ1n) is 5.99. The summed E-state index contributed by atoms with van der Waals surface area (Å²) in [4.78, 5) is 23.1. The van der Waals surface area contributed by atoms with Crippen molar-refractivity contribution in [2.24, 2.45) is 0 Å². The number of hydrogen-bond acceptors (Lipinski definition) is 5. The molecule has 0 amide bonds. The van der Waals surface area contributed by atoms with Gasteiger partial charge in [0, 0.05) is 38.3 Å². The number of carboxylic acids is 1. The fourth-order valence-corrected chi connectivity index (χ4v) is 2.14. The number of hydrogen-bond donors (Lipinski definition) is 2. The maximum Gasteiger partial charge on any atom is 0.322 e. The SMILES string of the molecule is O=C(O)C1CNCCN1Cc1ccc([N+](=O)[O-])cc1. The Morgan fingerprint density at radius 2 is 2.16 bits per heavy atom. The summed E-state index contributed by atoms with van der Waals surface area (Å²) in [5.74, 6) is -0.853. The number of benzene rings is 1. The lowest BCUT2D eigenvalue weighted by molar-refractivity contribution is -0.384. The van der Waals surface area contributed by atoms with Crippen LogP contribution in [0.2, 0.25) is 0 Å². The molecular weight excluding hydrogens is 250 g/mol. The molecule has 7 heteroatoms. The van der Waals surface area contributed by atoms with E-state index in [0.29, 0.717) is 19.6 Å². The van der Waals surface area contributed by atoms with Gasteiger partial charge in [0.15, 0.2) is 0 Å². The van der Waals surface area contributed by atoms with Gasteiger partial charge in [0.05, 0.1) is 4.92 Å². The first kappa shape index (κ1) is 13.4. The second kappa shape index (κ2) is 5.77. The quantitative estimate of drug-likeness (QED) is 0.606. The summed E-state index contributed by atoms with van der Waals surface area (Å²) >= 11 is 0. The molecular formula is C12H15N3O4. The molecule has 0 saturated carbocycles. The minimum absolute atomic E-state index is 0.0406. The molecule has 0 bridgehead atoms. The Hall–Kier alpha value is -1.99. The summed E-state index contributed by atoms with van der Waals surface area (Å²) in [6.07, 6.45) is 0. The third-order valence-corrected chi connectivity index (χ3v) is 3.17. The van der Waals surface area contributed by atoms with Crippen molar-refractivity contribution in [3.8, 4) is 0 Å². The summed E-state index contributed by atoms with van der Waals surface area (Å²) in [5.41, 5.74) is 0.914. The standard InChI is InChI=1S/C12H15N3O4/c16-12(17)11-7-13-5-6-14(11)8-9-1-3-10(4-2-9)15(18)19/h1-4,11,13H,5-8H2,(H,16,17). The molecule has 19 heavy (non-hydrogen) atoms. The van der Waals surface area contributed by atoms with Crippen molar-refractivity contribution >= 4 is 11.7 Å². The van der Waals surface area contributed by atoms with Crippen molar-refractivity contribution in [1.82, 2.24) is 10.2 Å². The number of nitro benzene ring substituents is 1. The summed E-state index contributed by atoms with van der Waals surface area (Å²) in [5, 5.41) is 22.7. The number of carbonyl (C=O) groups is 1. The molecule has 1 aromatic carbocycles. The number of carboxylic acid groups (broad SMARTS) is 1. The van der Waals surface area contributed by atoms with Gasteiger partial charge in [-0.25, -0.2) is 0 Å². The fraction of sp³-hybridized carbons (Fsp3) is 0.417. The zero-order chi connectivity index (χ0) is 13.8. The van der Waals surface area contributed by atoms with Crippen LogP contribution in [-0.4, -0.2) is 46.6 Å².